The van der Waals surface area contributed by atoms with Crippen LogP contribution < -0.4 is 0 Å². The van der Waals surface area contributed by atoms with Gasteiger partial charge < -0.3 is 24.8 Å². The largest absolute Gasteiger partial charge is 0.393 e. The molecule has 4 saturated carbocycles. The van der Waals surface area contributed by atoms with Crippen molar-refractivity contribution in [2.45, 2.75) is 129 Å². The Morgan fingerprint density at radius 3 is 2.43 bits per heavy atom. The van der Waals surface area contributed by atoms with E-state index in [1.54, 1.807) is 0 Å². The van der Waals surface area contributed by atoms with Gasteiger partial charge in [-0.25, -0.2) is 0 Å². The van der Waals surface area contributed by atoms with Crippen LogP contribution in [0.4, 0.5) is 0 Å². The number of rotatable bonds is 1. The van der Waals surface area contributed by atoms with Crippen LogP contribution in [0.25, 0.3) is 0 Å². The first-order valence-corrected chi connectivity index (χ1v) is 14.3. The van der Waals surface area contributed by atoms with Crippen LogP contribution in [0.1, 0.15) is 93.4 Å². The maximum Gasteiger partial charge on any atom is 0.199 e. The van der Waals surface area contributed by atoms with E-state index in [4.69, 9.17) is 9.47 Å². The molecule has 5 nitrogen and oxygen atoms in total. The molecule has 2 bridgehead atoms. The van der Waals surface area contributed by atoms with Gasteiger partial charge in [0, 0.05) is 11.3 Å². The second-order valence-corrected chi connectivity index (χ2v) is 15.5. The molecule has 0 radical (unpaired) electrons. The first kappa shape index (κ1) is 23.6. The van der Waals surface area contributed by atoms with Crippen molar-refractivity contribution >= 4 is 0 Å². The summed E-state index contributed by atoms with van der Waals surface area (Å²) in [5.41, 5.74) is 0.212. The molecule has 0 amide bonds. The van der Waals surface area contributed by atoms with Crippen LogP contribution in [0.15, 0.2) is 11.6 Å². The van der Waals surface area contributed by atoms with Crippen LogP contribution in [-0.2, 0) is 9.47 Å². The Hall–Kier alpha value is -0.460. The lowest BCUT2D eigenvalue weighted by Crippen LogP contribution is -2.55. The summed E-state index contributed by atoms with van der Waals surface area (Å²) in [4.78, 5) is 0. The summed E-state index contributed by atoms with van der Waals surface area (Å²) in [6.45, 7) is 15.2. The van der Waals surface area contributed by atoms with E-state index in [1.807, 2.05) is 13.8 Å². The molecule has 2 saturated heterocycles. The number of aliphatic hydroxyl groups excluding tert-OH is 2. The zero-order valence-corrected chi connectivity index (χ0v) is 22.7. The van der Waals surface area contributed by atoms with Gasteiger partial charge in [0.25, 0.3) is 0 Å². The van der Waals surface area contributed by atoms with Gasteiger partial charge in [-0.3, -0.25) is 0 Å². The Kier molecular flexibility index (Phi) is 4.20. The molecular weight excluding hydrogens is 440 g/mol. The van der Waals surface area contributed by atoms with Gasteiger partial charge in [-0.1, -0.05) is 46.3 Å². The molecule has 5 heteroatoms. The van der Waals surface area contributed by atoms with E-state index in [0.717, 1.165) is 38.5 Å². The molecule has 3 N–H and O–H groups in total. The molecule has 2 heterocycles. The lowest BCUT2D eigenvalue weighted by atomic mass is 9.44. The highest BCUT2D eigenvalue weighted by Crippen LogP contribution is 2.89. The van der Waals surface area contributed by atoms with Gasteiger partial charge in [-0.2, -0.15) is 0 Å². The summed E-state index contributed by atoms with van der Waals surface area (Å²) in [5.74, 6) is -0.111. The molecular formula is C30H46O5. The first-order chi connectivity index (χ1) is 16.1. The van der Waals surface area contributed by atoms with Crippen molar-refractivity contribution in [2.24, 2.45) is 44.8 Å². The van der Waals surface area contributed by atoms with Crippen LogP contribution in [0, 0.1) is 44.8 Å². The minimum absolute atomic E-state index is 0.0776. The zero-order chi connectivity index (χ0) is 25.2. The molecule has 1 unspecified atom stereocenters. The second-order valence-electron chi connectivity index (χ2n) is 15.5. The Bertz CT molecular complexity index is 1010. The van der Waals surface area contributed by atoms with Gasteiger partial charge in [0.15, 0.2) is 5.79 Å². The third-order valence-corrected chi connectivity index (χ3v) is 13.5. The molecule has 35 heavy (non-hydrogen) atoms. The van der Waals surface area contributed by atoms with Crippen molar-refractivity contribution in [1.29, 1.82) is 0 Å². The van der Waals surface area contributed by atoms with Crippen molar-refractivity contribution in [1.82, 2.24) is 0 Å². The molecule has 6 fully saturated rings. The fourth-order valence-corrected chi connectivity index (χ4v) is 11.8. The van der Waals surface area contributed by atoms with Crippen LogP contribution >= 0.6 is 0 Å². The van der Waals surface area contributed by atoms with E-state index in [9.17, 15) is 15.3 Å². The lowest BCUT2D eigenvalue weighted by Gasteiger charge is -2.59. The smallest absolute Gasteiger partial charge is 0.199 e. The van der Waals surface area contributed by atoms with Gasteiger partial charge in [0.1, 0.15) is 12.2 Å². The van der Waals surface area contributed by atoms with Gasteiger partial charge in [-0.15, -0.1) is 0 Å². The average molecular weight is 487 g/mol. The molecule has 5 aliphatic carbocycles. The Morgan fingerprint density at radius 1 is 1.03 bits per heavy atom. The predicted molar refractivity (Wildman–Crippen MR) is 132 cm³/mol. The first-order valence-electron chi connectivity index (χ1n) is 14.3. The lowest BCUT2D eigenvalue weighted by molar-refractivity contribution is -0.279. The van der Waals surface area contributed by atoms with Crippen LogP contribution in [0.3, 0.4) is 0 Å². The molecule has 7 rings (SSSR count). The number of ether oxygens (including phenoxy) is 2. The van der Waals surface area contributed by atoms with Crippen LogP contribution in [0.5, 0.6) is 0 Å². The van der Waals surface area contributed by atoms with Crippen LogP contribution in [-0.4, -0.2) is 51.1 Å². The monoisotopic (exact) mass is 486 g/mol. The minimum atomic E-state index is -1.05. The summed E-state index contributed by atoms with van der Waals surface area (Å²) in [7, 11) is 0. The van der Waals surface area contributed by atoms with E-state index in [2.05, 4.69) is 40.7 Å². The van der Waals surface area contributed by atoms with Gasteiger partial charge in [0.05, 0.1) is 17.8 Å². The fraction of sp³-hybridized carbons (Fsp3) is 0.933. The molecule has 3 spiro atoms. The minimum Gasteiger partial charge on any atom is -0.393 e. The number of fused-ring (bicyclic) bond motifs is 4. The quantitative estimate of drug-likeness (QED) is 0.473. The predicted octanol–water partition coefficient (Wildman–Crippen LogP) is 4.58. The average Bonchev–Trinajstić information content (AvgIpc) is 3.28. The zero-order valence-electron chi connectivity index (χ0n) is 22.7. The molecule has 0 aromatic carbocycles. The Labute approximate surface area is 210 Å². The van der Waals surface area contributed by atoms with Crippen molar-refractivity contribution in [3.63, 3.8) is 0 Å². The van der Waals surface area contributed by atoms with Crippen molar-refractivity contribution in [2.75, 3.05) is 0 Å². The number of allylic oxidation sites excluding steroid dienone is 1. The Morgan fingerprint density at radius 2 is 1.74 bits per heavy atom. The molecule has 12 atom stereocenters. The normalized spacial score (nSPS) is 61.7. The summed E-state index contributed by atoms with van der Waals surface area (Å²) in [6, 6.07) is 0. The highest BCUT2D eigenvalue weighted by molar-refractivity contribution is 5.48. The topological polar surface area (TPSA) is 79.2 Å². The molecule has 2 aliphatic heterocycles. The van der Waals surface area contributed by atoms with Crippen molar-refractivity contribution < 1.29 is 24.8 Å². The molecule has 0 aromatic heterocycles. The molecule has 0 aromatic rings. The highest BCUT2D eigenvalue weighted by atomic mass is 16.8. The maximum absolute atomic E-state index is 12.4. The van der Waals surface area contributed by atoms with Crippen molar-refractivity contribution in [3.05, 3.63) is 11.6 Å². The number of hydrogen-bond donors (Lipinski definition) is 3. The summed E-state index contributed by atoms with van der Waals surface area (Å²) >= 11 is 0. The van der Waals surface area contributed by atoms with Crippen molar-refractivity contribution in [3.8, 4) is 0 Å². The van der Waals surface area contributed by atoms with E-state index >= 15 is 0 Å². The third kappa shape index (κ3) is 2.26. The maximum atomic E-state index is 12.4. The molecule has 196 valence electrons. The molecule has 7 aliphatic rings. The van der Waals surface area contributed by atoms with Crippen LogP contribution in [0.2, 0.25) is 0 Å². The summed E-state index contributed by atoms with van der Waals surface area (Å²) in [5, 5.41) is 34.3. The van der Waals surface area contributed by atoms with E-state index < -0.39 is 29.0 Å². The Balaban J connectivity index is 1.37. The number of hydrogen-bond acceptors (Lipinski definition) is 5. The SMILES string of the molecule is C[C@@H]1C[C@H]2O[C@]3(O[C@H]2C(C)(C)O)[C@H]1[C@@]1(C)CC[C@@]24C[C@@]25CC[C@H](O)C(C)(C)C5CC=C4[C@]1(C)[C@H]3O. The highest BCUT2D eigenvalue weighted by Gasteiger charge is 2.86. The third-order valence-electron chi connectivity index (χ3n) is 13.5. The number of aliphatic hydroxyl groups is 3. The van der Waals surface area contributed by atoms with Gasteiger partial charge in [-0.05, 0) is 92.3 Å². The summed E-state index contributed by atoms with van der Waals surface area (Å²) in [6.07, 6.45) is 8.17. The van der Waals surface area contributed by atoms with Gasteiger partial charge >= 0.3 is 0 Å². The van der Waals surface area contributed by atoms with E-state index in [-0.39, 0.29) is 39.8 Å². The fourth-order valence-electron chi connectivity index (χ4n) is 11.8. The second kappa shape index (κ2) is 6.22. The van der Waals surface area contributed by atoms with E-state index in [0.29, 0.717) is 11.8 Å². The van der Waals surface area contributed by atoms with Gasteiger partial charge in [0.2, 0.25) is 0 Å². The standard InChI is InChI=1S/C30H46O5/c1-16-14-17-22(25(4,5)33)35-30(34-17)21(16)26(6)12-13-29-15-28(29)11-10-20(31)24(2,3)18(28)8-9-19(29)27(26,7)23(30)32/h9,16-18,20-23,31-33H,8,10-15H2,1-7H3/t16-,17-,18?,20+,21-,22-,23-,26-,27-,28-,29+,30+/m1/s1. The summed E-state index contributed by atoms with van der Waals surface area (Å²) < 4.78 is 13.5. The van der Waals surface area contributed by atoms with E-state index in [1.165, 1.54) is 12.0 Å².